The lowest BCUT2D eigenvalue weighted by molar-refractivity contribution is 0.0957. The third-order valence-corrected chi connectivity index (χ3v) is 4.83. The van der Waals surface area contributed by atoms with Gasteiger partial charge in [0.25, 0.3) is 11.5 Å². The predicted molar refractivity (Wildman–Crippen MR) is 92.8 cm³/mol. The number of hydrogen-bond donors (Lipinski definition) is 2. The molecule has 0 aromatic carbocycles. The van der Waals surface area contributed by atoms with Crippen molar-refractivity contribution >= 4 is 17.2 Å². The van der Waals surface area contributed by atoms with Crippen LogP contribution in [0.4, 0.5) is 0 Å². The van der Waals surface area contributed by atoms with E-state index >= 15 is 0 Å². The molecule has 6 nitrogen and oxygen atoms in total. The van der Waals surface area contributed by atoms with Gasteiger partial charge < -0.3 is 5.32 Å². The molecule has 2 aromatic heterocycles. The van der Waals surface area contributed by atoms with Gasteiger partial charge in [-0.15, -0.1) is 0 Å². The number of unbranched alkanes of at least 4 members (excludes halogenated alkanes) is 1. The Morgan fingerprint density at radius 1 is 1.30 bits per heavy atom. The molecule has 2 N–H and O–H groups in total. The van der Waals surface area contributed by atoms with Crippen LogP contribution in [0.2, 0.25) is 0 Å². The predicted octanol–water partition coefficient (Wildman–Crippen LogP) is 2.72. The lowest BCUT2D eigenvalue weighted by Gasteiger charge is -2.00. The Kier molecular flexibility index (Phi) is 5.76. The van der Waals surface area contributed by atoms with Crippen LogP contribution in [0.1, 0.15) is 59.7 Å². The summed E-state index contributed by atoms with van der Waals surface area (Å²) in [5.41, 5.74) is 2.25. The van der Waals surface area contributed by atoms with E-state index in [2.05, 4.69) is 22.3 Å². The number of carbonyl (C=O) groups is 1. The van der Waals surface area contributed by atoms with Crippen LogP contribution in [0.25, 0.3) is 5.13 Å². The zero-order chi connectivity index (χ0) is 17.0. The molecule has 2 rings (SSSR count). The fourth-order valence-electron chi connectivity index (χ4n) is 2.37. The standard InChI is InChI=1S/C16H24N4O2S/c1-5-7-8-12-10(3)19-20(15(12)22)16-18-11(4)13(23-16)14(21)17-9-6-2/h19H,5-9H2,1-4H3,(H,17,21). The molecule has 0 aliphatic rings. The molecule has 0 saturated heterocycles. The van der Waals surface area contributed by atoms with E-state index in [1.165, 1.54) is 16.0 Å². The molecule has 0 fully saturated rings. The minimum atomic E-state index is -0.129. The van der Waals surface area contributed by atoms with Gasteiger partial charge >= 0.3 is 0 Å². The molecule has 1 amide bonds. The summed E-state index contributed by atoms with van der Waals surface area (Å²) in [7, 11) is 0. The lowest BCUT2D eigenvalue weighted by atomic mass is 10.1. The number of nitrogens with one attached hydrogen (secondary N) is 2. The second-order valence-electron chi connectivity index (χ2n) is 5.63. The van der Waals surface area contributed by atoms with Crippen molar-refractivity contribution in [3.8, 4) is 5.13 Å². The highest BCUT2D eigenvalue weighted by Crippen LogP contribution is 2.21. The van der Waals surface area contributed by atoms with Gasteiger partial charge in [0.2, 0.25) is 5.13 Å². The van der Waals surface area contributed by atoms with Crippen LogP contribution >= 0.6 is 11.3 Å². The summed E-state index contributed by atoms with van der Waals surface area (Å²) in [6.07, 6.45) is 3.67. The van der Waals surface area contributed by atoms with E-state index in [1.54, 1.807) is 6.92 Å². The Morgan fingerprint density at radius 3 is 2.70 bits per heavy atom. The van der Waals surface area contributed by atoms with E-state index in [9.17, 15) is 9.59 Å². The van der Waals surface area contributed by atoms with Crippen molar-refractivity contribution in [3.05, 3.63) is 32.2 Å². The van der Waals surface area contributed by atoms with Crippen molar-refractivity contribution in [2.45, 2.75) is 53.4 Å². The summed E-state index contributed by atoms with van der Waals surface area (Å²) in [6, 6.07) is 0. The average Bonchev–Trinajstić information content (AvgIpc) is 3.03. The molecule has 0 radical (unpaired) electrons. The first kappa shape index (κ1) is 17.5. The first-order valence-corrected chi connectivity index (χ1v) is 8.87. The van der Waals surface area contributed by atoms with Crippen LogP contribution in [0.3, 0.4) is 0 Å². The number of nitrogens with zero attached hydrogens (tertiary/aromatic N) is 2. The number of aromatic amines is 1. The average molecular weight is 336 g/mol. The van der Waals surface area contributed by atoms with Crippen molar-refractivity contribution < 1.29 is 4.79 Å². The van der Waals surface area contributed by atoms with Gasteiger partial charge in [-0.05, 0) is 33.1 Å². The molecule has 7 heteroatoms. The normalized spacial score (nSPS) is 11.0. The fraction of sp³-hybridized carbons (Fsp3) is 0.562. The van der Waals surface area contributed by atoms with Gasteiger partial charge in [-0.1, -0.05) is 31.6 Å². The van der Waals surface area contributed by atoms with Crippen LogP contribution in [0.5, 0.6) is 0 Å². The molecule has 126 valence electrons. The SMILES string of the molecule is CCCCc1c(C)[nH]n(-c2nc(C)c(C(=O)NCCC)s2)c1=O. The molecule has 0 saturated carbocycles. The maximum absolute atomic E-state index is 12.6. The van der Waals surface area contributed by atoms with Gasteiger partial charge in [-0.3, -0.25) is 14.7 Å². The summed E-state index contributed by atoms with van der Waals surface area (Å²) in [5, 5.41) is 6.44. The van der Waals surface area contributed by atoms with Crippen molar-refractivity contribution in [1.82, 2.24) is 20.1 Å². The molecule has 0 spiro atoms. The van der Waals surface area contributed by atoms with Crippen molar-refractivity contribution in [1.29, 1.82) is 0 Å². The Hall–Kier alpha value is -1.89. The molecule has 0 aliphatic carbocycles. The van der Waals surface area contributed by atoms with Gasteiger partial charge in [-0.2, -0.15) is 4.68 Å². The third-order valence-electron chi connectivity index (χ3n) is 3.69. The fourth-order valence-corrected chi connectivity index (χ4v) is 3.31. The topological polar surface area (TPSA) is 79.8 Å². The van der Waals surface area contributed by atoms with E-state index in [4.69, 9.17) is 0 Å². The van der Waals surface area contributed by atoms with E-state index in [0.717, 1.165) is 36.9 Å². The minimum absolute atomic E-state index is 0.0646. The van der Waals surface area contributed by atoms with Gasteiger partial charge in [0, 0.05) is 17.8 Å². The summed E-state index contributed by atoms with van der Waals surface area (Å²) in [5.74, 6) is -0.129. The Labute approximate surface area is 139 Å². The maximum Gasteiger partial charge on any atom is 0.276 e. The Balaban J connectivity index is 2.33. The maximum atomic E-state index is 12.6. The zero-order valence-electron chi connectivity index (χ0n) is 14.2. The number of H-pyrrole nitrogens is 1. The zero-order valence-corrected chi connectivity index (χ0v) is 15.0. The molecule has 0 bridgehead atoms. The largest absolute Gasteiger partial charge is 0.351 e. The second-order valence-corrected chi connectivity index (χ2v) is 6.60. The van der Waals surface area contributed by atoms with Gasteiger partial charge in [0.1, 0.15) is 4.88 Å². The van der Waals surface area contributed by atoms with E-state index in [-0.39, 0.29) is 11.5 Å². The van der Waals surface area contributed by atoms with Crippen molar-refractivity contribution in [3.63, 3.8) is 0 Å². The van der Waals surface area contributed by atoms with Crippen LogP contribution in [0.15, 0.2) is 4.79 Å². The highest BCUT2D eigenvalue weighted by atomic mass is 32.1. The Morgan fingerprint density at radius 2 is 2.04 bits per heavy atom. The summed E-state index contributed by atoms with van der Waals surface area (Å²) >= 11 is 1.24. The van der Waals surface area contributed by atoms with Crippen molar-refractivity contribution in [2.24, 2.45) is 0 Å². The Bertz CT molecular complexity index is 742. The van der Waals surface area contributed by atoms with E-state index in [0.29, 0.717) is 22.2 Å². The molecule has 0 aliphatic heterocycles. The third kappa shape index (κ3) is 3.72. The minimum Gasteiger partial charge on any atom is -0.351 e. The smallest absolute Gasteiger partial charge is 0.276 e. The first-order chi connectivity index (χ1) is 11.0. The molecular weight excluding hydrogens is 312 g/mol. The van der Waals surface area contributed by atoms with Crippen molar-refractivity contribution in [2.75, 3.05) is 6.54 Å². The highest BCUT2D eigenvalue weighted by molar-refractivity contribution is 7.16. The molecule has 23 heavy (non-hydrogen) atoms. The number of hydrogen-bond acceptors (Lipinski definition) is 4. The van der Waals surface area contributed by atoms with Crippen LogP contribution < -0.4 is 10.9 Å². The summed E-state index contributed by atoms with van der Waals surface area (Å²) in [4.78, 5) is 29.6. The number of amides is 1. The monoisotopic (exact) mass is 336 g/mol. The van der Waals surface area contributed by atoms with Crippen LogP contribution in [0, 0.1) is 13.8 Å². The van der Waals surface area contributed by atoms with Crippen LogP contribution in [-0.2, 0) is 6.42 Å². The summed E-state index contributed by atoms with van der Waals surface area (Å²) < 4.78 is 1.45. The number of aromatic nitrogens is 3. The molecule has 0 unspecified atom stereocenters. The molecule has 2 heterocycles. The quantitative estimate of drug-likeness (QED) is 0.816. The molecular formula is C16H24N4O2S. The van der Waals surface area contributed by atoms with E-state index in [1.807, 2.05) is 13.8 Å². The van der Waals surface area contributed by atoms with Gasteiger partial charge in [0.05, 0.1) is 5.69 Å². The van der Waals surface area contributed by atoms with E-state index < -0.39 is 0 Å². The number of thiazole rings is 1. The molecule has 0 atom stereocenters. The van der Waals surface area contributed by atoms with Crippen LogP contribution in [-0.4, -0.2) is 27.2 Å². The second kappa shape index (κ2) is 7.59. The molecule has 2 aromatic rings. The number of aryl methyl sites for hydroxylation is 2. The van der Waals surface area contributed by atoms with Gasteiger partial charge in [0.15, 0.2) is 0 Å². The number of rotatable bonds is 7. The van der Waals surface area contributed by atoms with Gasteiger partial charge in [-0.25, -0.2) is 4.98 Å². The summed E-state index contributed by atoms with van der Waals surface area (Å²) in [6.45, 7) is 8.43. The number of carbonyl (C=O) groups excluding carboxylic acids is 1. The lowest BCUT2D eigenvalue weighted by Crippen LogP contribution is -2.23. The first-order valence-electron chi connectivity index (χ1n) is 8.06. The highest BCUT2D eigenvalue weighted by Gasteiger charge is 2.19.